The fourth-order valence-corrected chi connectivity index (χ4v) is 3.76. The van der Waals surface area contributed by atoms with E-state index < -0.39 is 21.0 Å². The Morgan fingerprint density at radius 2 is 1.73 bits per heavy atom. The van der Waals surface area contributed by atoms with Crippen LogP contribution in [0.4, 0.5) is 4.39 Å². The maximum absolute atomic E-state index is 13.0. The van der Waals surface area contributed by atoms with E-state index in [1.807, 2.05) is 6.92 Å². The first-order chi connectivity index (χ1) is 10.2. The lowest BCUT2D eigenvalue weighted by atomic mass is 10.1. The van der Waals surface area contributed by atoms with Gasteiger partial charge in [0.15, 0.2) is 9.84 Å². The van der Waals surface area contributed by atoms with Crippen molar-refractivity contribution in [1.82, 2.24) is 4.90 Å². The molecule has 0 heterocycles. The molecule has 0 radical (unpaired) electrons. The van der Waals surface area contributed by atoms with E-state index in [2.05, 4.69) is 0 Å². The molecule has 0 aliphatic carbocycles. The summed E-state index contributed by atoms with van der Waals surface area (Å²) in [5.41, 5.74) is 0.775. The molecule has 1 aromatic rings. The number of halogens is 1. The van der Waals surface area contributed by atoms with E-state index in [-0.39, 0.29) is 17.6 Å². The normalized spacial score (nSPS) is 14.4. The van der Waals surface area contributed by atoms with E-state index in [1.165, 1.54) is 24.0 Å². The molecule has 0 bridgehead atoms. The number of benzene rings is 1. The number of carbonyl (C=O) groups is 1. The van der Waals surface area contributed by atoms with Crippen molar-refractivity contribution in [3.05, 3.63) is 35.6 Å². The quantitative estimate of drug-likeness (QED) is 0.773. The van der Waals surface area contributed by atoms with Gasteiger partial charge in [-0.05, 0) is 44.9 Å². The Labute approximate surface area is 132 Å². The molecule has 4 nitrogen and oxygen atoms in total. The van der Waals surface area contributed by atoms with Crippen LogP contribution in [0, 0.1) is 5.82 Å². The second kappa shape index (κ2) is 7.72. The van der Waals surface area contributed by atoms with Crippen LogP contribution in [0.5, 0.6) is 0 Å². The number of hydrogen-bond acceptors (Lipinski definition) is 3. The maximum Gasteiger partial charge on any atom is 0.241 e. The Morgan fingerprint density at radius 3 is 2.18 bits per heavy atom. The standard InChI is InChI=1S/C16H24FNO3S/c1-5-11-22(20,21)13(4)16(19)18(6-2)12(3)14-7-9-15(17)10-8-14/h7-10,12-13H,5-6,11H2,1-4H3/t12-,13+/m0/s1. The lowest BCUT2D eigenvalue weighted by molar-refractivity contribution is -0.132. The lowest BCUT2D eigenvalue weighted by Gasteiger charge is -2.30. The Balaban J connectivity index is 2.99. The van der Waals surface area contributed by atoms with E-state index in [9.17, 15) is 17.6 Å². The van der Waals surface area contributed by atoms with Gasteiger partial charge in [-0.3, -0.25) is 4.79 Å². The molecule has 124 valence electrons. The van der Waals surface area contributed by atoms with Crippen molar-refractivity contribution in [2.75, 3.05) is 12.3 Å². The van der Waals surface area contributed by atoms with E-state index in [1.54, 1.807) is 26.0 Å². The first-order valence-corrected chi connectivity index (χ1v) is 9.23. The minimum absolute atomic E-state index is 0.00237. The van der Waals surface area contributed by atoms with Gasteiger partial charge in [-0.25, -0.2) is 12.8 Å². The van der Waals surface area contributed by atoms with Gasteiger partial charge in [-0.15, -0.1) is 0 Å². The Bertz CT molecular complexity index is 598. The van der Waals surface area contributed by atoms with Gasteiger partial charge < -0.3 is 4.90 Å². The second-order valence-electron chi connectivity index (χ2n) is 5.36. The van der Waals surface area contributed by atoms with Crippen LogP contribution < -0.4 is 0 Å². The van der Waals surface area contributed by atoms with E-state index in [0.717, 1.165) is 5.56 Å². The monoisotopic (exact) mass is 329 g/mol. The number of amides is 1. The zero-order chi connectivity index (χ0) is 16.9. The van der Waals surface area contributed by atoms with Gasteiger partial charge in [-0.2, -0.15) is 0 Å². The van der Waals surface area contributed by atoms with Gasteiger partial charge in [0.05, 0.1) is 11.8 Å². The molecule has 1 rings (SSSR count). The molecule has 0 aromatic heterocycles. The number of hydrogen-bond donors (Lipinski definition) is 0. The third-order valence-corrected chi connectivity index (χ3v) is 6.08. The van der Waals surface area contributed by atoms with Crippen molar-refractivity contribution in [1.29, 1.82) is 0 Å². The fraction of sp³-hybridized carbons (Fsp3) is 0.562. The van der Waals surface area contributed by atoms with Crippen LogP contribution in [0.3, 0.4) is 0 Å². The van der Waals surface area contributed by atoms with Gasteiger partial charge in [0.1, 0.15) is 11.1 Å². The van der Waals surface area contributed by atoms with Crippen LogP contribution in [-0.2, 0) is 14.6 Å². The van der Waals surface area contributed by atoms with Crippen molar-refractivity contribution >= 4 is 15.7 Å². The molecule has 0 N–H and O–H groups in total. The van der Waals surface area contributed by atoms with Crippen LogP contribution in [-0.4, -0.2) is 36.8 Å². The molecule has 0 saturated heterocycles. The SMILES string of the molecule is CCCS(=O)(=O)[C@H](C)C(=O)N(CC)[C@@H](C)c1ccc(F)cc1. The number of sulfone groups is 1. The molecule has 0 unspecified atom stereocenters. The zero-order valence-corrected chi connectivity index (χ0v) is 14.4. The molecule has 22 heavy (non-hydrogen) atoms. The number of rotatable bonds is 7. The Hall–Kier alpha value is -1.43. The van der Waals surface area contributed by atoms with Crippen LogP contribution >= 0.6 is 0 Å². The largest absolute Gasteiger partial charge is 0.335 e. The minimum atomic E-state index is -3.44. The summed E-state index contributed by atoms with van der Waals surface area (Å²) < 4.78 is 37.2. The van der Waals surface area contributed by atoms with Crippen LogP contribution in [0.2, 0.25) is 0 Å². The highest BCUT2D eigenvalue weighted by Crippen LogP contribution is 2.22. The summed E-state index contributed by atoms with van der Waals surface area (Å²) in [4.78, 5) is 14.1. The second-order valence-corrected chi connectivity index (χ2v) is 7.80. The van der Waals surface area contributed by atoms with E-state index in [4.69, 9.17) is 0 Å². The van der Waals surface area contributed by atoms with Crippen molar-refractivity contribution in [3.8, 4) is 0 Å². The number of nitrogens with zero attached hydrogens (tertiary/aromatic N) is 1. The van der Waals surface area contributed by atoms with Crippen molar-refractivity contribution < 1.29 is 17.6 Å². The van der Waals surface area contributed by atoms with Crippen molar-refractivity contribution in [2.45, 2.75) is 45.4 Å². The predicted octanol–water partition coefficient (Wildman–Crippen LogP) is 2.95. The highest BCUT2D eigenvalue weighted by molar-refractivity contribution is 7.92. The zero-order valence-electron chi connectivity index (χ0n) is 13.5. The first kappa shape index (κ1) is 18.6. The summed E-state index contributed by atoms with van der Waals surface area (Å²) in [7, 11) is -3.44. The molecule has 0 aliphatic heterocycles. The smallest absolute Gasteiger partial charge is 0.241 e. The van der Waals surface area contributed by atoms with Gasteiger partial charge in [0, 0.05) is 6.54 Å². The highest BCUT2D eigenvalue weighted by Gasteiger charge is 2.32. The fourth-order valence-electron chi connectivity index (χ4n) is 2.39. The first-order valence-electron chi connectivity index (χ1n) is 7.52. The molecule has 0 spiro atoms. The van der Waals surface area contributed by atoms with Crippen LogP contribution in [0.25, 0.3) is 0 Å². The molecule has 1 aromatic carbocycles. The highest BCUT2D eigenvalue weighted by atomic mass is 32.2. The van der Waals surface area contributed by atoms with Crippen molar-refractivity contribution in [3.63, 3.8) is 0 Å². The molecular formula is C16H24FNO3S. The summed E-state index contributed by atoms with van der Waals surface area (Å²) in [6, 6.07) is 5.59. The Morgan fingerprint density at radius 1 is 1.18 bits per heavy atom. The van der Waals surface area contributed by atoms with Gasteiger partial charge in [-0.1, -0.05) is 19.1 Å². The van der Waals surface area contributed by atoms with E-state index in [0.29, 0.717) is 13.0 Å². The summed E-state index contributed by atoms with van der Waals surface area (Å²) >= 11 is 0. The molecular weight excluding hydrogens is 305 g/mol. The van der Waals surface area contributed by atoms with Gasteiger partial charge in [0.2, 0.25) is 5.91 Å². The summed E-state index contributed by atoms with van der Waals surface area (Å²) in [6.07, 6.45) is 0.486. The van der Waals surface area contributed by atoms with Gasteiger partial charge >= 0.3 is 0 Å². The van der Waals surface area contributed by atoms with Crippen LogP contribution in [0.1, 0.15) is 45.7 Å². The summed E-state index contributed by atoms with van der Waals surface area (Å²) in [6.45, 7) is 7.22. The summed E-state index contributed by atoms with van der Waals surface area (Å²) in [5.74, 6) is -0.750. The predicted molar refractivity (Wildman–Crippen MR) is 85.7 cm³/mol. The Kier molecular flexibility index (Phi) is 6.53. The molecule has 1 amide bonds. The molecule has 6 heteroatoms. The molecule has 0 aliphatic rings. The maximum atomic E-state index is 13.0. The molecule has 0 saturated carbocycles. The third kappa shape index (κ3) is 4.29. The van der Waals surface area contributed by atoms with Crippen LogP contribution in [0.15, 0.2) is 24.3 Å². The topological polar surface area (TPSA) is 54.5 Å². The molecule has 2 atom stereocenters. The average molecular weight is 329 g/mol. The van der Waals surface area contributed by atoms with Gasteiger partial charge in [0.25, 0.3) is 0 Å². The number of carbonyl (C=O) groups excluding carboxylic acids is 1. The van der Waals surface area contributed by atoms with E-state index >= 15 is 0 Å². The molecule has 0 fully saturated rings. The summed E-state index contributed by atoms with van der Waals surface area (Å²) in [5, 5.41) is -1.06. The lowest BCUT2D eigenvalue weighted by Crippen LogP contribution is -2.43. The average Bonchev–Trinajstić information content (AvgIpc) is 2.47. The minimum Gasteiger partial charge on any atom is -0.335 e. The van der Waals surface area contributed by atoms with Crippen molar-refractivity contribution in [2.24, 2.45) is 0 Å². The third-order valence-electron chi connectivity index (χ3n) is 3.82.